The maximum Gasteiger partial charge on any atom is 0.407 e. The summed E-state index contributed by atoms with van der Waals surface area (Å²) in [4.78, 5) is 33.9. The van der Waals surface area contributed by atoms with Crippen molar-refractivity contribution in [3.8, 4) is 11.5 Å². The van der Waals surface area contributed by atoms with Crippen LogP contribution in [0.5, 0.6) is 11.5 Å². The van der Waals surface area contributed by atoms with E-state index in [-0.39, 0.29) is 16.9 Å². The molecule has 0 atom stereocenters. The van der Waals surface area contributed by atoms with Crippen LogP contribution < -0.4 is 15.4 Å². The number of ether oxygens (including phenoxy) is 2. The monoisotopic (exact) mass is 411 g/mol. The number of rotatable bonds is 10. The predicted molar refractivity (Wildman–Crippen MR) is 106 cm³/mol. The zero-order valence-corrected chi connectivity index (χ0v) is 17.2. The highest BCUT2D eigenvalue weighted by atomic mass is 16.6. The van der Waals surface area contributed by atoms with Crippen molar-refractivity contribution in [2.75, 3.05) is 20.3 Å². The van der Waals surface area contributed by atoms with E-state index in [1.54, 1.807) is 0 Å². The van der Waals surface area contributed by atoms with Crippen LogP contribution in [0.2, 0.25) is 0 Å². The van der Waals surface area contributed by atoms with Gasteiger partial charge in [0.15, 0.2) is 5.75 Å². The largest absolute Gasteiger partial charge is 0.500 e. The Hall–Kier alpha value is -3.04. The van der Waals surface area contributed by atoms with Crippen molar-refractivity contribution in [3.05, 3.63) is 27.8 Å². The molecule has 0 saturated carbocycles. The molecule has 3 N–H and O–H groups in total. The summed E-state index contributed by atoms with van der Waals surface area (Å²) in [5.41, 5.74) is -0.897. The quantitative estimate of drug-likeness (QED) is 0.305. The predicted octanol–water partition coefficient (Wildman–Crippen LogP) is 3.12. The molecule has 29 heavy (non-hydrogen) atoms. The molecule has 0 aliphatic heterocycles. The van der Waals surface area contributed by atoms with Crippen LogP contribution in [0.1, 0.15) is 56.8 Å². The molecule has 10 nitrogen and oxygen atoms in total. The lowest BCUT2D eigenvalue weighted by molar-refractivity contribution is -0.386. The summed E-state index contributed by atoms with van der Waals surface area (Å²) in [6.45, 7) is 6.32. The lowest BCUT2D eigenvalue weighted by atomic mass is 10.1. The van der Waals surface area contributed by atoms with Gasteiger partial charge in [-0.2, -0.15) is 0 Å². The van der Waals surface area contributed by atoms with Crippen LogP contribution >= 0.6 is 0 Å². The summed E-state index contributed by atoms with van der Waals surface area (Å²) in [6, 6.07) is 2.25. The molecule has 1 aromatic carbocycles. The van der Waals surface area contributed by atoms with E-state index in [0.717, 1.165) is 18.9 Å². The van der Waals surface area contributed by atoms with Gasteiger partial charge in [-0.05, 0) is 46.1 Å². The Labute approximate surface area is 169 Å². The molecule has 0 aliphatic rings. The number of hydrogen-bond acceptors (Lipinski definition) is 7. The number of hydrogen-bond donors (Lipinski definition) is 3. The van der Waals surface area contributed by atoms with Crippen molar-refractivity contribution >= 4 is 17.7 Å². The first kappa shape index (κ1) is 24.0. The van der Waals surface area contributed by atoms with E-state index in [1.165, 1.54) is 13.2 Å². The Bertz CT molecular complexity index is 729. The Morgan fingerprint density at radius 2 is 1.83 bits per heavy atom. The molecule has 1 aromatic rings. The fraction of sp³-hybridized carbons (Fsp3) is 0.579. The van der Waals surface area contributed by atoms with Crippen LogP contribution in [0.4, 0.5) is 10.5 Å². The number of aromatic hydroxyl groups is 1. The molecule has 0 saturated heterocycles. The molecule has 0 bridgehead atoms. The van der Waals surface area contributed by atoms with Crippen LogP contribution in [0.15, 0.2) is 12.1 Å². The van der Waals surface area contributed by atoms with E-state index in [2.05, 4.69) is 10.6 Å². The number of nitro benzene ring substituents is 1. The second-order valence-corrected chi connectivity index (χ2v) is 7.48. The number of benzene rings is 1. The molecular weight excluding hydrogens is 382 g/mol. The molecule has 0 fully saturated rings. The highest BCUT2D eigenvalue weighted by Crippen LogP contribution is 2.36. The van der Waals surface area contributed by atoms with E-state index in [9.17, 15) is 24.8 Å². The van der Waals surface area contributed by atoms with Crippen LogP contribution in [0.25, 0.3) is 0 Å². The summed E-state index contributed by atoms with van der Waals surface area (Å²) >= 11 is 0. The maximum atomic E-state index is 12.2. The van der Waals surface area contributed by atoms with Gasteiger partial charge in [-0.15, -0.1) is 0 Å². The lowest BCUT2D eigenvalue weighted by Gasteiger charge is -2.19. The standard InChI is InChI=1S/C19H29N3O7/c1-19(2,3)21-18(25)29-10-8-6-5-7-9-20-17(24)13-11-14(22(26)27)16(23)15(12-13)28-4/h11-12,23H,5-10H2,1-4H3,(H,20,24)(H,21,25). The van der Waals surface area contributed by atoms with Gasteiger partial charge in [0.2, 0.25) is 5.75 Å². The molecule has 0 radical (unpaired) electrons. The molecule has 162 valence electrons. The molecule has 0 heterocycles. The van der Waals surface area contributed by atoms with Crippen LogP contribution in [0, 0.1) is 10.1 Å². The Morgan fingerprint density at radius 1 is 1.17 bits per heavy atom. The third kappa shape index (κ3) is 8.67. The summed E-state index contributed by atoms with van der Waals surface area (Å²) in [7, 11) is 1.25. The lowest BCUT2D eigenvalue weighted by Crippen LogP contribution is -2.41. The van der Waals surface area contributed by atoms with Crippen molar-refractivity contribution in [2.45, 2.75) is 52.0 Å². The van der Waals surface area contributed by atoms with Crippen LogP contribution in [0.3, 0.4) is 0 Å². The fourth-order valence-corrected chi connectivity index (χ4v) is 2.41. The second kappa shape index (κ2) is 11.1. The molecule has 0 spiro atoms. The third-order valence-corrected chi connectivity index (χ3v) is 3.80. The van der Waals surface area contributed by atoms with Crippen molar-refractivity contribution in [1.29, 1.82) is 0 Å². The fourth-order valence-electron chi connectivity index (χ4n) is 2.41. The Morgan fingerprint density at radius 3 is 2.41 bits per heavy atom. The number of amides is 2. The van der Waals surface area contributed by atoms with Gasteiger partial charge < -0.3 is 25.2 Å². The highest BCUT2D eigenvalue weighted by molar-refractivity contribution is 5.95. The van der Waals surface area contributed by atoms with Gasteiger partial charge in [0.05, 0.1) is 24.2 Å². The van der Waals surface area contributed by atoms with Gasteiger partial charge in [-0.3, -0.25) is 14.9 Å². The molecule has 0 aromatic heterocycles. The highest BCUT2D eigenvalue weighted by Gasteiger charge is 2.22. The van der Waals surface area contributed by atoms with Gasteiger partial charge in [-0.1, -0.05) is 6.42 Å². The number of carbonyl (C=O) groups is 2. The minimum absolute atomic E-state index is 0.0320. The summed E-state index contributed by atoms with van der Waals surface area (Å²) in [6.07, 6.45) is 2.63. The minimum Gasteiger partial charge on any atom is -0.500 e. The van der Waals surface area contributed by atoms with Gasteiger partial charge in [-0.25, -0.2) is 4.79 Å². The van der Waals surface area contributed by atoms with E-state index >= 15 is 0 Å². The topological polar surface area (TPSA) is 140 Å². The number of nitrogens with one attached hydrogen (secondary N) is 2. The van der Waals surface area contributed by atoms with E-state index in [1.807, 2.05) is 20.8 Å². The van der Waals surface area contributed by atoms with Crippen LogP contribution in [-0.4, -0.2) is 47.8 Å². The first-order valence-electron chi connectivity index (χ1n) is 9.33. The molecule has 10 heteroatoms. The second-order valence-electron chi connectivity index (χ2n) is 7.48. The Kier molecular flexibility index (Phi) is 9.17. The number of nitrogens with zero attached hydrogens (tertiary/aromatic N) is 1. The SMILES string of the molecule is COc1cc(C(=O)NCCCCCCOC(=O)NC(C)(C)C)cc([N+](=O)[O-])c1O. The third-order valence-electron chi connectivity index (χ3n) is 3.80. The number of alkyl carbamates (subject to hydrolysis) is 1. The zero-order chi connectivity index (χ0) is 22.0. The van der Waals surface area contributed by atoms with Crippen molar-refractivity contribution < 1.29 is 29.1 Å². The number of phenolic OH excluding ortho intramolecular Hbond substituents is 1. The zero-order valence-electron chi connectivity index (χ0n) is 17.2. The molecular formula is C19H29N3O7. The van der Waals surface area contributed by atoms with E-state index < -0.39 is 28.4 Å². The van der Waals surface area contributed by atoms with E-state index in [4.69, 9.17) is 9.47 Å². The number of nitro groups is 1. The van der Waals surface area contributed by atoms with E-state index in [0.29, 0.717) is 26.0 Å². The average Bonchev–Trinajstić information content (AvgIpc) is 2.62. The number of carbonyl (C=O) groups excluding carboxylic acids is 2. The number of unbranched alkanes of at least 4 members (excludes halogenated alkanes) is 3. The van der Waals surface area contributed by atoms with Gasteiger partial charge in [0.25, 0.3) is 5.91 Å². The normalized spacial score (nSPS) is 10.9. The summed E-state index contributed by atoms with van der Waals surface area (Å²) in [5.74, 6) is -1.25. The maximum absolute atomic E-state index is 12.2. The van der Waals surface area contributed by atoms with Crippen LogP contribution in [-0.2, 0) is 4.74 Å². The van der Waals surface area contributed by atoms with Crippen molar-refractivity contribution in [3.63, 3.8) is 0 Å². The number of methoxy groups -OCH3 is 1. The first-order valence-corrected chi connectivity index (χ1v) is 9.33. The molecule has 1 rings (SSSR count). The first-order chi connectivity index (χ1) is 13.5. The van der Waals surface area contributed by atoms with Gasteiger partial charge in [0, 0.05) is 18.2 Å². The van der Waals surface area contributed by atoms with Gasteiger partial charge >= 0.3 is 11.8 Å². The summed E-state index contributed by atoms with van der Waals surface area (Å²) in [5, 5.41) is 26.1. The molecule has 0 unspecified atom stereocenters. The Balaban J connectivity index is 2.32. The van der Waals surface area contributed by atoms with Crippen molar-refractivity contribution in [1.82, 2.24) is 10.6 Å². The van der Waals surface area contributed by atoms with Crippen molar-refractivity contribution in [2.24, 2.45) is 0 Å². The van der Waals surface area contributed by atoms with Gasteiger partial charge in [0.1, 0.15) is 0 Å². The average molecular weight is 411 g/mol. The molecule has 0 aliphatic carbocycles. The molecule has 2 amide bonds. The summed E-state index contributed by atoms with van der Waals surface area (Å²) < 4.78 is 9.95. The number of phenols is 1. The smallest absolute Gasteiger partial charge is 0.407 e. The minimum atomic E-state index is -0.779.